The van der Waals surface area contributed by atoms with Crippen molar-refractivity contribution >= 4 is 5.97 Å². The van der Waals surface area contributed by atoms with Crippen LogP contribution in [0.5, 0.6) is 0 Å². The summed E-state index contributed by atoms with van der Waals surface area (Å²) < 4.78 is 17.3. The molecule has 0 aliphatic rings. The molecule has 1 aromatic rings. The van der Waals surface area contributed by atoms with Crippen molar-refractivity contribution in [2.75, 3.05) is 7.11 Å². The molecule has 0 atom stereocenters. The molecule has 0 spiro atoms. The number of halogens is 1. The van der Waals surface area contributed by atoms with Crippen molar-refractivity contribution in [1.29, 1.82) is 0 Å². The number of hydrogen-bond acceptors (Lipinski definition) is 2. The molecule has 0 heterocycles. The highest BCUT2D eigenvalue weighted by molar-refractivity contribution is 5.88. The van der Waals surface area contributed by atoms with Crippen molar-refractivity contribution in [3.05, 3.63) is 35.6 Å². The molecule has 0 saturated heterocycles. The molecule has 72 valence electrons. The minimum Gasteiger partial charge on any atom is -0.459 e. The Morgan fingerprint density at radius 3 is 2.86 bits per heavy atom. The standard InChI is InChI=1S/C11H9FO2/c1-14-11(13)8-4-6-9-5-2-3-7-10(9)12/h2-3,5,7H,6H2,1H3. The van der Waals surface area contributed by atoms with Crippen LogP contribution in [0.3, 0.4) is 0 Å². The van der Waals surface area contributed by atoms with Gasteiger partial charge in [0.2, 0.25) is 0 Å². The fourth-order valence-electron chi connectivity index (χ4n) is 0.904. The van der Waals surface area contributed by atoms with E-state index < -0.39 is 5.97 Å². The zero-order valence-corrected chi connectivity index (χ0v) is 7.71. The lowest BCUT2D eigenvalue weighted by Crippen LogP contribution is -1.95. The van der Waals surface area contributed by atoms with Gasteiger partial charge in [-0.15, -0.1) is 0 Å². The Bertz CT molecular complexity index is 388. The van der Waals surface area contributed by atoms with Crippen LogP contribution >= 0.6 is 0 Å². The summed E-state index contributed by atoms with van der Waals surface area (Å²) in [5, 5.41) is 0. The van der Waals surface area contributed by atoms with Crippen LogP contribution in [0.1, 0.15) is 5.56 Å². The molecule has 3 heteroatoms. The predicted octanol–water partition coefficient (Wildman–Crippen LogP) is 1.54. The van der Waals surface area contributed by atoms with Crippen LogP contribution in [0.4, 0.5) is 4.39 Å². The molecule has 1 aromatic carbocycles. The molecule has 0 fully saturated rings. The van der Waals surface area contributed by atoms with Gasteiger partial charge in [-0.25, -0.2) is 9.18 Å². The van der Waals surface area contributed by atoms with E-state index in [4.69, 9.17) is 0 Å². The summed E-state index contributed by atoms with van der Waals surface area (Å²) >= 11 is 0. The van der Waals surface area contributed by atoms with E-state index in [2.05, 4.69) is 16.6 Å². The van der Waals surface area contributed by atoms with E-state index in [-0.39, 0.29) is 12.2 Å². The smallest absolute Gasteiger partial charge is 0.384 e. The molecule has 0 saturated carbocycles. The molecule has 0 radical (unpaired) electrons. The first-order valence-corrected chi connectivity index (χ1v) is 4.04. The molecule has 0 aliphatic carbocycles. The van der Waals surface area contributed by atoms with Gasteiger partial charge in [-0.2, -0.15) is 0 Å². The summed E-state index contributed by atoms with van der Waals surface area (Å²) in [6.07, 6.45) is 0.210. The third-order valence-electron chi connectivity index (χ3n) is 1.61. The maximum Gasteiger partial charge on any atom is 0.384 e. The van der Waals surface area contributed by atoms with Crippen molar-refractivity contribution < 1.29 is 13.9 Å². The van der Waals surface area contributed by atoms with E-state index in [0.29, 0.717) is 5.56 Å². The van der Waals surface area contributed by atoms with Crippen molar-refractivity contribution in [2.24, 2.45) is 0 Å². The Labute approximate surface area is 81.7 Å². The summed E-state index contributed by atoms with van der Waals surface area (Å²) in [4.78, 5) is 10.6. The fraction of sp³-hybridized carbons (Fsp3) is 0.182. The van der Waals surface area contributed by atoms with Gasteiger partial charge >= 0.3 is 5.97 Å². The molecule has 0 amide bonds. The monoisotopic (exact) mass is 192 g/mol. The quantitative estimate of drug-likeness (QED) is 0.383. The van der Waals surface area contributed by atoms with Crippen molar-refractivity contribution in [2.45, 2.75) is 6.42 Å². The number of methoxy groups -OCH3 is 1. The van der Waals surface area contributed by atoms with Gasteiger partial charge < -0.3 is 4.74 Å². The highest BCUT2D eigenvalue weighted by Gasteiger charge is 1.97. The molecule has 0 aromatic heterocycles. The first kappa shape index (κ1) is 10.3. The number of hydrogen-bond donors (Lipinski definition) is 0. The van der Waals surface area contributed by atoms with Gasteiger partial charge in [0.05, 0.1) is 7.11 Å². The molecule has 14 heavy (non-hydrogen) atoms. The molecule has 0 aliphatic heterocycles. The molecule has 0 bridgehead atoms. The molecular formula is C11H9FO2. The van der Waals surface area contributed by atoms with Gasteiger partial charge in [-0.3, -0.25) is 0 Å². The lowest BCUT2D eigenvalue weighted by atomic mass is 10.1. The average molecular weight is 192 g/mol. The maximum atomic E-state index is 13.0. The summed E-state index contributed by atoms with van der Waals surface area (Å²) in [7, 11) is 1.25. The van der Waals surface area contributed by atoms with Gasteiger partial charge in [-0.1, -0.05) is 24.1 Å². The topological polar surface area (TPSA) is 26.3 Å². The lowest BCUT2D eigenvalue weighted by molar-refractivity contribution is -0.133. The highest BCUT2D eigenvalue weighted by Crippen LogP contribution is 2.05. The van der Waals surface area contributed by atoms with Crippen molar-refractivity contribution in [1.82, 2.24) is 0 Å². The minimum absolute atomic E-state index is 0.210. The average Bonchev–Trinajstić information content (AvgIpc) is 2.20. The predicted molar refractivity (Wildman–Crippen MR) is 49.9 cm³/mol. The highest BCUT2D eigenvalue weighted by atomic mass is 19.1. The van der Waals surface area contributed by atoms with Gasteiger partial charge in [0.1, 0.15) is 5.82 Å². The zero-order chi connectivity index (χ0) is 10.4. The van der Waals surface area contributed by atoms with Crippen LogP contribution in [-0.2, 0) is 16.0 Å². The number of carbonyl (C=O) groups is 1. The Balaban J connectivity index is 2.65. The molecular weight excluding hydrogens is 183 g/mol. The van der Waals surface area contributed by atoms with Crippen molar-refractivity contribution in [3.8, 4) is 11.8 Å². The van der Waals surface area contributed by atoms with E-state index in [9.17, 15) is 9.18 Å². The number of rotatable bonds is 1. The zero-order valence-electron chi connectivity index (χ0n) is 7.71. The number of benzene rings is 1. The summed E-state index contributed by atoms with van der Waals surface area (Å²) in [5.41, 5.74) is 0.476. The SMILES string of the molecule is COC(=O)C#CCc1ccccc1F. The van der Waals surface area contributed by atoms with E-state index in [0.717, 1.165) is 0 Å². The Morgan fingerprint density at radius 1 is 1.50 bits per heavy atom. The second kappa shape index (κ2) is 5.03. The Kier molecular flexibility index (Phi) is 3.69. The fourth-order valence-corrected chi connectivity index (χ4v) is 0.904. The second-order valence-electron chi connectivity index (χ2n) is 2.56. The van der Waals surface area contributed by atoms with E-state index in [1.165, 1.54) is 13.2 Å². The third kappa shape index (κ3) is 2.91. The van der Waals surface area contributed by atoms with E-state index in [1.807, 2.05) is 0 Å². The van der Waals surface area contributed by atoms with Crippen LogP contribution in [0.2, 0.25) is 0 Å². The largest absolute Gasteiger partial charge is 0.459 e. The van der Waals surface area contributed by atoms with Crippen LogP contribution in [0, 0.1) is 17.7 Å². The van der Waals surface area contributed by atoms with Crippen LogP contribution in [0.25, 0.3) is 0 Å². The van der Waals surface area contributed by atoms with E-state index >= 15 is 0 Å². The van der Waals surface area contributed by atoms with Gasteiger partial charge in [0.15, 0.2) is 0 Å². The van der Waals surface area contributed by atoms with Crippen molar-refractivity contribution in [3.63, 3.8) is 0 Å². The minimum atomic E-state index is -0.610. The number of ether oxygens (including phenoxy) is 1. The first-order valence-electron chi connectivity index (χ1n) is 4.04. The molecule has 2 nitrogen and oxygen atoms in total. The van der Waals surface area contributed by atoms with E-state index in [1.54, 1.807) is 18.2 Å². The molecule has 0 N–H and O–H groups in total. The number of carbonyl (C=O) groups excluding carboxylic acids is 1. The lowest BCUT2D eigenvalue weighted by Gasteiger charge is -1.95. The Hall–Kier alpha value is -1.82. The Morgan fingerprint density at radius 2 is 2.21 bits per heavy atom. The summed E-state index contributed by atoms with van der Waals surface area (Å²) in [6, 6.07) is 6.31. The maximum absolute atomic E-state index is 13.0. The van der Waals surface area contributed by atoms with Gasteiger partial charge in [-0.05, 0) is 11.6 Å². The molecule has 1 rings (SSSR count). The van der Waals surface area contributed by atoms with Gasteiger partial charge in [0, 0.05) is 12.3 Å². The second-order valence-corrected chi connectivity index (χ2v) is 2.56. The third-order valence-corrected chi connectivity index (χ3v) is 1.61. The summed E-state index contributed by atoms with van der Waals surface area (Å²) in [5.74, 6) is 3.84. The summed E-state index contributed by atoms with van der Waals surface area (Å²) in [6.45, 7) is 0. The number of esters is 1. The van der Waals surface area contributed by atoms with Crippen LogP contribution in [-0.4, -0.2) is 13.1 Å². The molecule has 0 unspecified atom stereocenters. The van der Waals surface area contributed by atoms with Gasteiger partial charge in [0.25, 0.3) is 0 Å². The van der Waals surface area contributed by atoms with Crippen LogP contribution < -0.4 is 0 Å². The first-order chi connectivity index (χ1) is 6.74. The van der Waals surface area contributed by atoms with Crippen LogP contribution in [0.15, 0.2) is 24.3 Å². The normalized spacial score (nSPS) is 8.71.